The number of rotatable bonds is 11. The van der Waals surface area contributed by atoms with Gasteiger partial charge >= 0.3 is 5.97 Å². The Hall–Kier alpha value is -1.32. The van der Waals surface area contributed by atoms with E-state index >= 15 is 0 Å². The maximum Gasteiger partial charge on any atom is 0.327 e. The number of carbonyl (C=O) groups is 2. The molecule has 1 rings (SSSR count). The zero-order chi connectivity index (χ0) is 15.5. The fourth-order valence-corrected chi connectivity index (χ4v) is 2.63. The van der Waals surface area contributed by atoms with Crippen LogP contribution in [0.4, 0.5) is 0 Å². The van der Waals surface area contributed by atoms with Gasteiger partial charge in [-0.25, -0.2) is 0 Å². The van der Waals surface area contributed by atoms with E-state index in [1.165, 1.54) is 25.7 Å². The molecule has 0 spiro atoms. The number of carbonyl (C=O) groups excluding carboxylic acids is 2. The van der Waals surface area contributed by atoms with Crippen LogP contribution in [0.3, 0.4) is 0 Å². The third-order valence-corrected chi connectivity index (χ3v) is 3.81. The zero-order valence-electron chi connectivity index (χ0n) is 13.3. The average Bonchev–Trinajstić information content (AvgIpc) is 2.83. The van der Waals surface area contributed by atoms with Gasteiger partial charge in [0.15, 0.2) is 6.23 Å². The molecule has 1 unspecified atom stereocenters. The van der Waals surface area contributed by atoms with Crippen molar-refractivity contribution in [3.8, 4) is 0 Å². The molecule has 1 amide bonds. The predicted octanol–water partition coefficient (Wildman–Crippen LogP) is 3.80. The molecule has 1 saturated heterocycles. The molecule has 0 aromatic carbocycles. The summed E-state index contributed by atoms with van der Waals surface area (Å²) in [6.07, 6.45) is 11.9. The summed E-state index contributed by atoms with van der Waals surface area (Å²) < 4.78 is 5.26. The molecule has 1 aliphatic heterocycles. The molecule has 4 nitrogen and oxygen atoms in total. The van der Waals surface area contributed by atoms with Crippen LogP contribution in [0.5, 0.6) is 0 Å². The molecular formula is C17H29NO3. The molecule has 0 aliphatic carbocycles. The number of hydrogen-bond donors (Lipinski definition) is 0. The topological polar surface area (TPSA) is 46.6 Å². The fraction of sp³-hybridized carbons (Fsp3) is 0.765. The SMILES string of the molecule is C=CCCCCCCCCC1OC(=O)CN1C(=O)CCC. The molecule has 1 fully saturated rings. The second kappa shape index (κ2) is 10.4. The van der Waals surface area contributed by atoms with E-state index in [1.807, 2.05) is 13.0 Å². The third-order valence-electron chi connectivity index (χ3n) is 3.81. The number of hydrogen-bond acceptors (Lipinski definition) is 3. The summed E-state index contributed by atoms with van der Waals surface area (Å²) in [5.41, 5.74) is 0. The Morgan fingerprint density at radius 2 is 1.95 bits per heavy atom. The van der Waals surface area contributed by atoms with E-state index in [1.54, 1.807) is 4.90 Å². The quantitative estimate of drug-likeness (QED) is 0.331. The lowest BCUT2D eigenvalue weighted by Crippen LogP contribution is -2.36. The van der Waals surface area contributed by atoms with Crippen molar-refractivity contribution in [1.29, 1.82) is 0 Å². The molecule has 1 heterocycles. The van der Waals surface area contributed by atoms with Crippen LogP contribution in [0.1, 0.15) is 71.1 Å². The van der Waals surface area contributed by atoms with Crippen molar-refractivity contribution in [3.63, 3.8) is 0 Å². The van der Waals surface area contributed by atoms with E-state index in [-0.39, 0.29) is 24.6 Å². The van der Waals surface area contributed by atoms with Gasteiger partial charge < -0.3 is 4.74 Å². The van der Waals surface area contributed by atoms with Gasteiger partial charge in [0.1, 0.15) is 6.54 Å². The van der Waals surface area contributed by atoms with E-state index in [9.17, 15) is 9.59 Å². The van der Waals surface area contributed by atoms with Crippen LogP contribution in [0.2, 0.25) is 0 Å². The number of nitrogens with zero attached hydrogens (tertiary/aromatic N) is 1. The lowest BCUT2D eigenvalue weighted by atomic mass is 10.1. The smallest absolute Gasteiger partial charge is 0.327 e. The lowest BCUT2D eigenvalue weighted by molar-refractivity contribution is -0.143. The van der Waals surface area contributed by atoms with E-state index in [0.29, 0.717) is 6.42 Å². The molecule has 0 aromatic heterocycles. The Balaban J connectivity index is 2.16. The third kappa shape index (κ3) is 6.78. The van der Waals surface area contributed by atoms with Crippen LogP contribution >= 0.6 is 0 Å². The summed E-state index contributed by atoms with van der Waals surface area (Å²) in [7, 11) is 0. The largest absolute Gasteiger partial charge is 0.440 e. The van der Waals surface area contributed by atoms with Crippen molar-refractivity contribution >= 4 is 11.9 Å². The Morgan fingerprint density at radius 3 is 2.62 bits per heavy atom. The van der Waals surface area contributed by atoms with Crippen LogP contribution in [-0.4, -0.2) is 29.5 Å². The maximum absolute atomic E-state index is 11.9. The molecule has 0 aromatic rings. The fourth-order valence-electron chi connectivity index (χ4n) is 2.63. The van der Waals surface area contributed by atoms with Crippen molar-refractivity contribution in [3.05, 3.63) is 12.7 Å². The van der Waals surface area contributed by atoms with Crippen molar-refractivity contribution in [1.82, 2.24) is 4.90 Å². The number of cyclic esters (lactones) is 1. The van der Waals surface area contributed by atoms with Gasteiger partial charge in [0.25, 0.3) is 0 Å². The minimum absolute atomic E-state index is 0.0396. The van der Waals surface area contributed by atoms with E-state index in [4.69, 9.17) is 4.74 Å². The zero-order valence-corrected chi connectivity index (χ0v) is 13.3. The van der Waals surface area contributed by atoms with E-state index in [2.05, 4.69) is 6.58 Å². The average molecular weight is 295 g/mol. The molecular weight excluding hydrogens is 266 g/mol. The summed E-state index contributed by atoms with van der Waals surface area (Å²) in [6, 6.07) is 0. The van der Waals surface area contributed by atoms with Gasteiger partial charge in [0.05, 0.1) is 0 Å². The van der Waals surface area contributed by atoms with Crippen molar-refractivity contribution in [2.45, 2.75) is 77.4 Å². The highest BCUT2D eigenvalue weighted by molar-refractivity contribution is 5.84. The Labute approximate surface area is 128 Å². The van der Waals surface area contributed by atoms with Gasteiger partial charge in [0, 0.05) is 12.8 Å². The highest BCUT2D eigenvalue weighted by Crippen LogP contribution is 2.19. The summed E-state index contributed by atoms with van der Waals surface area (Å²) in [5.74, 6) is -0.230. The van der Waals surface area contributed by atoms with Gasteiger partial charge in [-0.3, -0.25) is 14.5 Å². The number of amides is 1. The normalized spacial score (nSPS) is 17.9. The first-order chi connectivity index (χ1) is 10.2. The number of allylic oxidation sites excluding steroid dienone is 1. The maximum atomic E-state index is 11.9. The Bertz CT molecular complexity index is 341. The predicted molar refractivity (Wildman–Crippen MR) is 83.6 cm³/mol. The summed E-state index contributed by atoms with van der Waals surface area (Å²) in [6.45, 7) is 5.82. The first-order valence-electron chi connectivity index (χ1n) is 8.29. The first-order valence-corrected chi connectivity index (χ1v) is 8.29. The van der Waals surface area contributed by atoms with Crippen LogP contribution in [0.15, 0.2) is 12.7 Å². The monoisotopic (exact) mass is 295 g/mol. The molecule has 1 aliphatic rings. The summed E-state index contributed by atoms with van der Waals surface area (Å²) >= 11 is 0. The number of unbranched alkanes of at least 4 members (excludes halogenated alkanes) is 6. The van der Waals surface area contributed by atoms with Crippen LogP contribution in [0.25, 0.3) is 0 Å². The molecule has 120 valence electrons. The molecule has 21 heavy (non-hydrogen) atoms. The molecule has 0 saturated carbocycles. The van der Waals surface area contributed by atoms with Crippen molar-refractivity contribution in [2.24, 2.45) is 0 Å². The van der Waals surface area contributed by atoms with Crippen LogP contribution in [0, 0.1) is 0 Å². The van der Waals surface area contributed by atoms with Crippen LogP contribution < -0.4 is 0 Å². The molecule has 1 atom stereocenters. The van der Waals surface area contributed by atoms with Gasteiger partial charge in [-0.1, -0.05) is 38.7 Å². The van der Waals surface area contributed by atoms with Gasteiger partial charge in [0.2, 0.25) is 5.91 Å². The van der Waals surface area contributed by atoms with Gasteiger partial charge in [-0.15, -0.1) is 6.58 Å². The minimum atomic E-state index is -0.322. The van der Waals surface area contributed by atoms with E-state index < -0.39 is 0 Å². The Kier molecular flexibility index (Phi) is 8.79. The second-order valence-electron chi connectivity index (χ2n) is 5.70. The highest BCUT2D eigenvalue weighted by Gasteiger charge is 2.34. The molecule has 0 N–H and O–H groups in total. The lowest BCUT2D eigenvalue weighted by Gasteiger charge is -2.21. The van der Waals surface area contributed by atoms with Gasteiger partial charge in [-0.05, 0) is 25.7 Å². The van der Waals surface area contributed by atoms with Gasteiger partial charge in [-0.2, -0.15) is 0 Å². The van der Waals surface area contributed by atoms with Crippen LogP contribution in [-0.2, 0) is 14.3 Å². The molecule has 0 bridgehead atoms. The standard InChI is InChI=1S/C17H29NO3/c1-3-5-6-7-8-9-10-11-13-16-18(14-17(20)21-16)15(19)12-4-2/h3,16H,1,4-14H2,2H3. The van der Waals surface area contributed by atoms with E-state index in [0.717, 1.165) is 32.1 Å². The number of esters is 1. The Morgan fingerprint density at radius 1 is 1.29 bits per heavy atom. The molecule has 0 radical (unpaired) electrons. The second-order valence-corrected chi connectivity index (χ2v) is 5.70. The highest BCUT2D eigenvalue weighted by atomic mass is 16.6. The molecule has 4 heteroatoms. The van der Waals surface area contributed by atoms with Crippen molar-refractivity contribution in [2.75, 3.05) is 6.54 Å². The first kappa shape index (κ1) is 17.7. The van der Waals surface area contributed by atoms with Crippen molar-refractivity contribution < 1.29 is 14.3 Å². The summed E-state index contributed by atoms with van der Waals surface area (Å²) in [5, 5.41) is 0. The summed E-state index contributed by atoms with van der Waals surface area (Å²) in [4.78, 5) is 24.9. The number of ether oxygens (including phenoxy) is 1. The minimum Gasteiger partial charge on any atom is -0.440 e.